The molecule has 1 aromatic carbocycles. The number of hydrogen-bond acceptors (Lipinski definition) is 3. The van der Waals surface area contributed by atoms with Crippen LogP contribution in [0.1, 0.15) is 30.4 Å². The van der Waals surface area contributed by atoms with Crippen LogP contribution in [-0.4, -0.2) is 25.2 Å². The highest BCUT2D eigenvalue weighted by atomic mass is 16.5. The molecule has 1 saturated heterocycles. The Morgan fingerprint density at radius 2 is 2.37 bits per heavy atom. The van der Waals surface area contributed by atoms with Crippen molar-refractivity contribution in [3.63, 3.8) is 0 Å². The molecule has 0 radical (unpaired) electrons. The summed E-state index contributed by atoms with van der Waals surface area (Å²) in [4.78, 5) is 11.7. The molecule has 1 aliphatic rings. The molecule has 0 bridgehead atoms. The summed E-state index contributed by atoms with van der Waals surface area (Å²) < 4.78 is 5.46. The number of nitrogen functional groups attached to an aromatic ring is 1. The van der Waals surface area contributed by atoms with Crippen molar-refractivity contribution in [3.8, 4) is 0 Å². The number of rotatable bonds is 5. The molecule has 4 heteroatoms. The minimum atomic E-state index is 0.0784. The monoisotopic (exact) mass is 262 g/mol. The fraction of sp³-hybridized carbons (Fsp3) is 0.533. The average molecular weight is 262 g/mol. The standard InChI is InChI=1S/C15H22N2O2/c1-11-4-5-12(9-14(11)16)6-7-15(18)17-10-13-3-2-8-19-13/h4-5,9,13H,2-3,6-8,10,16H2,1H3,(H,17,18). The number of hydrogen-bond donors (Lipinski definition) is 2. The molecule has 0 aromatic heterocycles. The number of nitrogens with two attached hydrogens (primary N) is 1. The molecule has 104 valence electrons. The van der Waals surface area contributed by atoms with Crippen molar-refractivity contribution in [2.75, 3.05) is 18.9 Å². The number of benzene rings is 1. The fourth-order valence-corrected chi connectivity index (χ4v) is 2.22. The maximum Gasteiger partial charge on any atom is 0.220 e. The molecular weight excluding hydrogens is 240 g/mol. The molecule has 1 heterocycles. The largest absolute Gasteiger partial charge is 0.399 e. The Balaban J connectivity index is 1.71. The smallest absolute Gasteiger partial charge is 0.220 e. The lowest BCUT2D eigenvalue weighted by atomic mass is 10.1. The third-order valence-electron chi connectivity index (χ3n) is 3.54. The minimum absolute atomic E-state index is 0.0784. The van der Waals surface area contributed by atoms with Crippen LogP contribution < -0.4 is 11.1 Å². The maximum atomic E-state index is 11.7. The first-order valence-electron chi connectivity index (χ1n) is 6.88. The van der Waals surface area contributed by atoms with E-state index in [-0.39, 0.29) is 12.0 Å². The number of carbonyl (C=O) groups is 1. The van der Waals surface area contributed by atoms with Gasteiger partial charge in [0, 0.05) is 25.3 Å². The van der Waals surface area contributed by atoms with Crippen LogP contribution >= 0.6 is 0 Å². The van der Waals surface area contributed by atoms with Gasteiger partial charge in [-0.25, -0.2) is 0 Å². The Kier molecular flexibility index (Phi) is 4.80. The molecule has 4 nitrogen and oxygen atoms in total. The van der Waals surface area contributed by atoms with Gasteiger partial charge < -0.3 is 15.8 Å². The van der Waals surface area contributed by atoms with Crippen LogP contribution in [0.3, 0.4) is 0 Å². The highest BCUT2D eigenvalue weighted by molar-refractivity contribution is 5.76. The lowest BCUT2D eigenvalue weighted by Gasteiger charge is -2.11. The molecule has 0 aliphatic carbocycles. The molecule has 1 fully saturated rings. The van der Waals surface area contributed by atoms with E-state index in [1.807, 2.05) is 25.1 Å². The van der Waals surface area contributed by atoms with Gasteiger partial charge in [-0.05, 0) is 43.4 Å². The predicted octanol–water partition coefficient (Wildman–Crippen LogP) is 1.81. The van der Waals surface area contributed by atoms with Crippen LogP contribution in [0.15, 0.2) is 18.2 Å². The zero-order valence-corrected chi connectivity index (χ0v) is 11.4. The topological polar surface area (TPSA) is 64.3 Å². The number of ether oxygens (including phenoxy) is 1. The van der Waals surface area contributed by atoms with Gasteiger partial charge in [-0.2, -0.15) is 0 Å². The lowest BCUT2D eigenvalue weighted by Crippen LogP contribution is -2.31. The van der Waals surface area contributed by atoms with Gasteiger partial charge in [0.1, 0.15) is 0 Å². The molecule has 1 amide bonds. The first kappa shape index (κ1) is 13.9. The van der Waals surface area contributed by atoms with E-state index in [1.165, 1.54) is 0 Å². The van der Waals surface area contributed by atoms with Gasteiger partial charge in [0.2, 0.25) is 5.91 Å². The van der Waals surface area contributed by atoms with Gasteiger partial charge in [0.05, 0.1) is 6.10 Å². The highest BCUT2D eigenvalue weighted by Crippen LogP contribution is 2.14. The Labute approximate surface area is 114 Å². The highest BCUT2D eigenvalue weighted by Gasteiger charge is 2.15. The summed E-state index contributed by atoms with van der Waals surface area (Å²) in [6, 6.07) is 5.97. The average Bonchev–Trinajstić information content (AvgIpc) is 2.91. The Hall–Kier alpha value is -1.55. The molecule has 0 saturated carbocycles. The summed E-state index contributed by atoms with van der Waals surface area (Å²) in [5.74, 6) is 0.0784. The zero-order chi connectivity index (χ0) is 13.7. The fourth-order valence-electron chi connectivity index (χ4n) is 2.22. The first-order chi connectivity index (χ1) is 9.15. The number of anilines is 1. The van der Waals surface area contributed by atoms with Crippen molar-refractivity contribution >= 4 is 11.6 Å². The van der Waals surface area contributed by atoms with Crippen LogP contribution in [0.2, 0.25) is 0 Å². The Bertz CT molecular complexity index is 440. The molecule has 3 N–H and O–H groups in total. The number of nitrogens with one attached hydrogen (secondary N) is 1. The van der Waals surface area contributed by atoms with E-state index in [9.17, 15) is 4.79 Å². The maximum absolute atomic E-state index is 11.7. The first-order valence-corrected chi connectivity index (χ1v) is 6.88. The Morgan fingerprint density at radius 3 is 3.05 bits per heavy atom. The van der Waals surface area contributed by atoms with Crippen LogP contribution in [0.25, 0.3) is 0 Å². The molecule has 1 unspecified atom stereocenters. The molecule has 0 spiro atoms. The molecular formula is C15H22N2O2. The van der Waals surface area contributed by atoms with Gasteiger partial charge in [0.25, 0.3) is 0 Å². The molecule has 1 aliphatic heterocycles. The van der Waals surface area contributed by atoms with E-state index >= 15 is 0 Å². The molecule has 1 aromatic rings. The van der Waals surface area contributed by atoms with Crippen molar-refractivity contribution < 1.29 is 9.53 Å². The Morgan fingerprint density at radius 1 is 1.53 bits per heavy atom. The molecule has 19 heavy (non-hydrogen) atoms. The van der Waals surface area contributed by atoms with E-state index in [0.29, 0.717) is 13.0 Å². The van der Waals surface area contributed by atoms with E-state index in [1.54, 1.807) is 0 Å². The van der Waals surface area contributed by atoms with Crippen molar-refractivity contribution in [1.82, 2.24) is 5.32 Å². The molecule has 1 atom stereocenters. The lowest BCUT2D eigenvalue weighted by molar-refractivity contribution is -0.121. The minimum Gasteiger partial charge on any atom is -0.399 e. The van der Waals surface area contributed by atoms with Crippen molar-refractivity contribution in [2.24, 2.45) is 0 Å². The van der Waals surface area contributed by atoms with Crippen molar-refractivity contribution in [1.29, 1.82) is 0 Å². The summed E-state index contributed by atoms with van der Waals surface area (Å²) >= 11 is 0. The second-order valence-corrected chi connectivity index (χ2v) is 5.13. The third kappa shape index (κ3) is 4.24. The van der Waals surface area contributed by atoms with Gasteiger partial charge in [-0.3, -0.25) is 4.79 Å². The SMILES string of the molecule is Cc1ccc(CCC(=O)NCC2CCCO2)cc1N. The van der Waals surface area contributed by atoms with Gasteiger partial charge in [0.15, 0.2) is 0 Å². The zero-order valence-electron chi connectivity index (χ0n) is 11.4. The van der Waals surface area contributed by atoms with E-state index < -0.39 is 0 Å². The quantitative estimate of drug-likeness (QED) is 0.795. The van der Waals surface area contributed by atoms with Crippen LogP contribution in [0, 0.1) is 6.92 Å². The van der Waals surface area contributed by atoms with Crippen molar-refractivity contribution in [2.45, 2.75) is 38.7 Å². The van der Waals surface area contributed by atoms with Gasteiger partial charge in [-0.1, -0.05) is 12.1 Å². The van der Waals surface area contributed by atoms with Gasteiger partial charge in [-0.15, -0.1) is 0 Å². The van der Waals surface area contributed by atoms with Crippen LogP contribution in [0.4, 0.5) is 5.69 Å². The summed E-state index contributed by atoms with van der Waals surface area (Å²) in [6.45, 7) is 3.44. The number of amides is 1. The third-order valence-corrected chi connectivity index (χ3v) is 3.54. The molecule has 2 rings (SSSR count). The second-order valence-electron chi connectivity index (χ2n) is 5.13. The van der Waals surface area contributed by atoms with E-state index in [0.717, 1.165) is 42.7 Å². The number of aryl methyl sites for hydroxylation is 2. The van der Waals surface area contributed by atoms with E-state index in [2.05, 4.69) is 5.32 Å². The van der Waals surface area contributed by atoms with Gasteiger partial charge >= 0.3 is 0 Å². The van der Waals surface area contributed by atoms with Crippen molar-refractivity contribution in [3.05, 3.63) is 29.3 Å². The predicted molar refractivity (Wildman–Crippen MR) is 75.9 cm³/mol. The van der Waals surface area contributed by atoms with Crippen LogP contribution in [0.5, 0.6) is 0 Å². The van der Waals surface area contributed by atoms with Crippen LogP contribution in [-0.2, 0) is 16.0 Å². The normalized spacial score (nSPS) is 18.5. The summed E-state index contributed by atoms with van der Waals surface area (Å²) in [5.41, 5.74) is 8.82. The number of carbonyl (C=O) groups excluding carboxylic acids is 1. The summed E-state index contributed by atoms with van der Waals surface area (Å²) in [7, 11) is 0. The summed E-state index contributed by atoms with van der Waals surface area (Å²) in [6.07, 6.45) is 3.58. The summed E-state index contributed by atoms with van der Waals surface area (Å²) in [5, 5.41) is 2.93. The van der Waals surface area contributed by atoms with E-state index in [4.69, 9.17) is 10.5 Å². The second kappa shape index (κ2) is 6.57.